The molecule has 28 heavy (non-hydrogen) atoms. The zero-order valence-corrected chi connectivity index (χ0v) is 16.0. The molecule has 0 aliphatic rings. The minimum atomic E-state index is -0.485. The van der Waals surface area contributed by atoms with E-state index in [1.165, 1.54) is 12.1 Å². The van der Waals surface area contributed by atoms with Gasteiger partial charge in [0.25, 0.3) is 5.69 Å². The summed E-state index contributed by atoms with van der Waals surface area (Å²) in [6, 6.07) is 11.6. The lowest BCUT2D eigenvalue weighted by Gasteiger charge is -2.09. The normalized spacial score (nSPS) is 11.0. The highest BCUT2D eigenvalue weighted by Gasteiger charge is 2.09. The summed E-state index contributed by atoms with van der Waals surface area (Å²) >= 11 is 0. The standard InChI is InChI=1S/C20H22N4O4/c1-13-4-5-14(2)18(12-13)21-19(25)10-11-20(26)23-22-15(3)16-6-8-17(9-7-16)24(27)28/h4-9,12H,10-11H2,1-3H3,(H,21,25)(H,23,26). The molecule has 0 radical (unpaired) electrons. The maximum Gasteiger partial charge on any atom is 0.269 e. The van der Waals surface area contributed by atoms with Crippen LogP contribution in [0.15, 0.2) is 47.6 Å². The summed E-state index contributed by atoms with van der Waals surface area (Å²) in [7, 11) is 0. The van der Waals surface area contributed by atoms with Crippen molar-refractivity contribution >= 4 is 28.9 Å². The smallest absolute Gasteiger partial charge is 0.269 e. The second-order valence-electron chi connectivity index (χ2n) is 6.40. The van der Waals surface area contributed by atoms with Crippen molar-refractivity contribution in [2.75, 3.05) is 5.32 Å². The molecule has 0 aromatic heterocycles. The molecule has 0 saturated carbocycles. The Morgan fingerprint density at radius 2 is 1.68 bits per heavy atom. The average Bonchev–Trinajstić information content (AvgIpc) is 2.67. The van der Waals surface area contributed by atoms with Gasteiger partial charge in [-0.15, -0.1) is 0 Å². The van der Waals surface area contributed by atoms with Gasteiger partial charge in [-0.1, -0.05) is 12.1 Å². The summed E-state index contributed by atoms with van der Waals surface area (Å²) in [6.07, 6.45) is 0.0268. The minimum absolute atomic E-state index is 0.00621. The second-order valence-corrected chi connectivity index (χ2v) is 6.40. The molecule has 0 saturated heterocycles. The summed E-state index contributed by atoms with van der Waals surface area (Å²) in [6.45, 7) is 5.51. The van der Waals surface area contributed by atoms with Gasteiger partial charge >= 0.3 is 0 Å². The Balaban J connectivity index is 1.84. The fraction of sp³-hybridized carbons (Fsp3) is 0.250. The molecule has 146 valence electrons. The lowest BCUT2D eigenvalue weighted by atomic mass is 10.1. The van der Waals surface area contributed by atoms with E-state index in [2.05, 4.69) is 15.8 Å². The first-order valence-electron chi connectivity index (χ1n) is 8.71. The average molecular weight is 382 g/mol. The molecule has 0 spiro atoms. The van der Waals surface area contributed by atoms with Gasteiger partial charge in [-0.2, -0.15) is 5.10 Å². The third kappa shape index (κ3) is 6.01. The van der Waals surface area contributed by atoms with Crippen LogP contribution < -0.4 is 10.7 Å². The number of nitrogens with one attached hydrogen (secondary N) is 2. The van der Waals surface area contributed by atoms with Crippen molar-refractivity contribution in [3.63, 3.8) is 0 Å². The largest absolute Gasteiger partial charge is 0.326 e. The molecule has 2 aromatic carbocycles. The third-order valence-corrected chi connectivity index (χ3v) is 4.09. The van der Waals surface area contributed by atoms with Crippen LogP contribution in [-0.2, 0) is 9.59 Å². The molecule has 0 bridgehead atoms. The van der Waals surface area contributed by atoms with Crippen LogP contribution in [0.2, 0.25) is 0 Å². The molecule has 0 unspecified atom stereocenters. The van der Waals surface area contributed by atoms with Gasteiger partial charge in [-0.3, -0.25) is 19.7 Å². The predicted octanol–water partition coefficient (Wildman–Crippen LogP) is 3.47. The number of anilines is 1. The highest BCUT2D eigenvalue weighted by atomic mass is 16.6. The Morgan fingerprint density at radius 3 is 2.32 bits per heavy atom. The molecular weight excluding hydrogens is 360 g/mol. The molecule has 0 aliphatic heterocycles. The van der Waals surface area contributed by atoms with E-state index in [9.17, 15) is 19.7 Å². The topological polar surface area (TPSA) is 114 Å². The molecule has 0 aliphatic carbocycles. The monoisotopic (exact) mass is 382 g/mol. The number of rotatable bonds is 7. The lowest BCUT2D eigenvalue weighted by molar-refractivity contribution is -0.384. The fourth-order valence-electron chi connectivity index (χ4n) is 2.40. The summed E-state index contributed by atoms with van der Waals surface area (Å²) in [5.41, 5.74) is 6.25. The van der Waals surface area contributed by atoms with E-state index < -0.39 is 10.8 Å². The van der Waals surface area contributed by atoms with E-state index in [1.807, 2.05) is 32.0 Å². The van der Waals surface area contributed by atoms with Gasteiger partial charge in [0, 0.05) is 30.7 Å². The van der Waals surface area contributed by atoms with Crippen LogP contribution in [0.25, 0.3) is 0 Å². The second kappa shape index (κ2) is 9.40. The van der Waals surface area contributed by atoms with E-state index >= 15 is 0 Å². The van der Waals surface area contributed by atoms with Crippen LogP contribution in [0.5, 0.6) is 0 Å². The highest BCUT2D eigenvalue weighted by Crippen LogP contribution is 2.16. The predicted molar refractivity (Wildman–Crippen MR) is 107 cm³/mol. The van der Waals surface area contributed by atoms with E-state index in [0.29, 0.717) is 11.3 Å². The maximum atomic E-state index is 12.0. The van der Waals surface area contributed by atoms with E-state index in [1.54, 1.807) is 19.1 Å². The first kappa shape index (κ1) is 20.8. The molecule has 0 atom stereocenters. The first-order chi connectivity index (χ1) is 13.3. The molecule has 0 fully saturated rings. The SMILES string of the molecule is CC(=NNC(=O)CCC(=O)Nc1cc(C)ccc1C)c1ccc([N+](=O)[O-])cc1. The van der Waals surface area contributed by atoms with Crippen LogP contribution >= 0.6 is 0 Å². The number of benzene rings is 2. The van der Waals surface area contributed by atoms with E-state index in [0.717, 1.165) is 16.8 Å². The molecular formula is C20H22N4O4. The number of aryl methyl sites for hydroxylation is 2. The molecule has 8 nitrogen and oxygen atoms in total. The van der Waals surface area contributed by atoms with Crippen molar-refractivity contribution < 1.29 is 14.5 Å². The number of nitro benzene ring substituents is 1. The zero-order valence-electron chi connectivity index (χ0n) is 16.0. The van der Waals surface area contributed by atoms with Crippen LogP contribution in [-0.4, -0.2) is 22.4 Å². The summed E-state index contributed by atoms with van der Waals surface area (Å²) < 4.78 is 0. The van der Waals surface area contributed by atoms with Gasteiger partial charge in [-0.25, -0.2) is 5.43 Å². The quantitative estimate of drug-likeness (QED) is 0.433. The Kier molecular flexibility index (Phi) is 6.97. The van der Waals surface area contributed by atoms with Crippen molar-refractivity contribution in [1.29, 1.82) is 0 Å². The van der Waals surface area contributed by atoms with Gasteiger partial charge in [0.15, 0.2) is 0 Å². The van der Waals surface area contributed by atoms with E-state index in [-0.39, 0.29) is 24.4 Å². The number of carbonyl (C=O) groups is 2. The molecule has 2 N–H and O–H groups in total. The van der Waals surface area contributed by atoms with Crippen molar-refractivity contribution in [2.45, 2.75) is 33.6 Å². The third-order valence-electron chi connectivity index (χ3n) is 4.09. The Hall–Kier alpha value is -3.55. The molecule has 0 heterocycles. The molecule has 2 amide bonds. The maximum absolute atomic E-state index is 12.0. The molecule has 2 rings (SSSR count). The number of hydrogen-bond donors (Lipinski definition) is 2. The van der Waals surface area contributed by atoms with Crippen molar-refractivity contribution in [1.82, 2.24) is 5.43 Å². The Labute approximate surface area is 162 Å². The zero-order chi connectivity index (χ0) is 20.7. The first-order valence-corrected chi connectivity index (χ1v) is 8.71. The number of carbonyl (C=O) groups excluding carboxylic acids is 2. The van der Waals surface area contributed by atoms with Gasteiger partial charge < -0.3 is 5.32 Å². The number of nitro groups is 1. The highest BCUT2D eigenvalue weighted by molar-refractivity contribution is 5.99. The van der Waals surface area contributed by atoms with Crippen LogP contribution in [0.1, 0.15) is 36.5 Å². The van der Waals surface area contributed by atoms with Crippen LogP contribution in [0.3, 0.4) is 0 Å². The minimum Gasteiger partial charge on any atom is -0.326 e. The summed E-state index contributed by atoms with van der Waals surface area (Å²) in [4.78, 5) is 34.1. The van der Waals surface area contributed by atoms with Crippen molar-refractivity contribution in [3.8, 4) is 0 Å². The molecule has 8 heteroatoms. The lowest BCUT2D eigenvalue weighted by Crippen LogP contribution is -2.22. The van der Waals surface area contributed by atoms with Gasteiger partial charge in [0.1, 0.15) is 0 Å². The number of hydrogen-bond acceptors (Lipinski definition) is 5. The van der Waals surface area contributed by atoms with Crippen LogP contribution in [0, 0.1) is 24.0 Å². The number of non-ortho nitro benzene ring substituents is 1. The number of nitrogens with zero attached hydrogens (tertiary/aromatic N) is 2. The van der Waals surface area contributed by atoms with Crippen LogP contribution in [0.4, 0.5) is 11.4 Å². The summed E-state index contributed by atoms with van der Waals surface area (Å²) in [5, 5.41) is 17.4. The number of amides is 2. The van der Waals surface area contributed by atoms with Gasteiger partial charge in [-0.05, 0) is 55.7 Å². The van der Waals surface area contributed by atoms with Crippen molar-refractivity contribution in [3.05, 3.63) is 69.3 Å². The summed E-state index contributed by atoms with van der Waals surface area (Å²) in [5.74, 6) is -0.641. The number of hydrazone groups is 1. The Bertz CT molecular complexity index is 920. The molecule has 2 aromatic rings. The van der Waals surface area contributed by atoms with E-state index in [4.69, 9.17) is 0 Å². The van der Waals surface area contributed by atoms with Gasteiger partial charge in [0.2, 0.25) is 11.8 Å². The fourth-order valence-corrected chi connectivity index (χ4v) is 2.40. The van der Waals surface area contributed by atoms with Crippen molar-refractivity contribution in [2.24, 2.45) is 5.10 Å². The Morgan fingerprint density at radius 1 is 1.04 bits per heavy atom. The van der Waals surface area contributed by atoms with Gasteiger partial charge in [0.05, 0.1) is 10.6 Å².